The average Bonchev–Trinajstić information content (AvgIpc) is 2.82. The minimum Gasteiger partial charge on any atom is -0.496 e. The molecule has 116 valence electrons. The molecule has 0 spiro atoms. The number of carboxylic acid groups (broad SMARTS) is 1. The maximum Gasteiger partial charge on any atom is 0.339 e. The number of sulfonamides is 1. The molecule has 1 saturated carbocycles. The van der Waals surface area contributed by atoms with Crippen LogP contribution in [0.5, 0.6) is 5.75 Å². The normalized spacial score (nSPS) is 22.2. The molecule has 7 heteroatoms. The highest BCUT2D eigenvalue weighted by atomic mass is 32.2. The summed E-state index contributed by atoms with van der Waals surface area (Å²) < 4.78 is 32.3. The predicted molar refractivity (Wildman–Crippen MR) is 77.1 cm³/mol. The van der Waals surface area contributed by atoms with Crippen molar-refractivity contribution < 1.29 is 23.1 Å². The quantitative estimate of drug-likeness (QED) is 0.865. The molecule has 0 heterocycles. The van der Waals surface area contributed by atoms with Crippen LogP contribution in [-0.2, 0) is 10.0 Å². The number of carboxylic acids is 1. The lowest BCUT2D eigenvalue weighted by molar-refractivity contribution is 0.0693. The Labute approximate surface area is 124 Å². The third kappa shape index (κ3) is 3.36. The number of hydrogen-bond acceptors (Lipinski definition) is 4. The van der Waals surface area contributed by atoms with Crippen LogP contribution in [-0.4, -0.2) is 32.6 Å². The summed E-state index contributed by atoms with van der Waals surface area (Å²) in [4.78, 5) is 11.1. The van der Waals surface area contributed by atoms with Gasteiger partial charge in [0.1, 0.15) is 11.3 Å². The maximum absolute atomic E-state index is 12.4. The average molecular weight is 313 g/mol. The van der Waals surface area contributed by atoms with Gasteiger partial charge in [-0.2, -0.15) is 0 Å². The Bertz CT molecular complexity index is 641. The molecule has 21 heavy (non-hydrogen) atoms. The van der Waals surface area contributed by atoms with Crippen molar-refractivity contribution in [3.8, 4) is 5.75 Å². The van der Waals surface area contributed by atoms with E-state index in [0.29, 0.717) is 0 Å². The highest BCUT2D eigenvalue weighted by Crippen LogP contribution is 2.27. The van der Waals surface area contributed by atoms with Crippen LogP contribution in [0, 0.1) is 5.92 Å². The number of benzene rings is 1. The fourth-order valence-corrected chi connectivity index (χ4v) is 4.01. The first-order valence-corrected chi connectivity index (χ1v) is 8.27. The van der Waals surface area contributed by atoms with Crippen molar-refractivity contribution in [1.82, 2.24) is 4.72 Å². The van der Waals surface area contributed by atoms with E-state index in [2.05, 4.69) is 4.72 Å². The molecule has 1 fully saturated rings. The van der Waals surface area contributed by atoms with E-state index in [4.69, 9.17) is 9.84 Å². The van der Waals surface area contributed by atoms with Gasteiger partial charge < -0.3 is 9.84 Å². The summed E-state index contributed by atoms with van der Waals surface area (Å²) in [6.07, 6.45) is 2.80. The van der Waals surface area contributed by atoms with E-state index >= 15 is 0 Å². The first-order chi connectivity index (χ1) is 9.85. The summed E-state index contributed by atoms with van der Waals surface area (Å²) in [5.41, 5.74) is -0.167. The lowest BCUT2D eigenvalue weighted by Crippen LogP contribution is -2.36. The van der Waals surface area contributed by atoms with Gasteiger partial charge in [-0.15, -0.1) is 0 Å². The van der Waals surface area contributed by atoms with Crippen LogP contribution >= 0.6 is 0 Å². The van der Waals surface area contributed by atoms with Crippen LogP contribution in [0.4, 0.5) is 0 Å². The molecule has 0 aromatic heterocycles. The Morgan fingerprint density at radius 2 is 2.10 bits per heavy atom. The minimum absolute atomic E-state index is 0.0557. The molecule has 2 N–H and O–H groups in total. The van der Waals surface area contributed by atoms with E-state index in [9.17, 15) is 13.2 Å². The number of carbonyl (C=O) groups is 1. The summed E-state index contributed by atoms with van der Waals surface area (Å²) in [5, 5.41) is 9.12. The summed E-state index contributed by atoms with van der Waals surface area (Å²) in [6, 6.07) is 3.75. The van der Waals surface area contributed by atoms with Crippen molar-refractivity contribution in [3.05, 3.63) is 23.8 Å². The molecule has 2 atom stereocenters. The van der Waals surface area contributed by atoms with Crippen molar-refractivity contribution in [1.29, 1.82) is 0 Å². The molecule has 1 aliphatic rings. The highest BCUT2D eigenvalue weighted by molar-refractivity contribution is 7.89. The van der Waals surface area contributed by atoms with E-state index in [0.717, 1.165) is 25.3 Å². The third-order valence-corrected chi connectivity index (χ3v) is 5.37. The van der Waals surface area contributed by atoms with Gasteiger partial charge in [-0.1, -0.05) is 13.3 Å². The number of hydrogen-bond donors (Lipinski definition) is 2. The van der Waals surface area contributed by atoms with Gasteiger partial charge in [0.25, 0.3) is 0 Å². The fraction of sp³-hybridized carbons (Fsp3) is 0.500. The molecular weight excluding hydrogens is 294 g/mol. The maximum atomic E-state index is 12.4. The van der Waals surface area contributed by atoms with Crippen molar-refractivity contribution in [2.24, 2.45) is 5.92 Å². The first kappa shape index (κ1) is 15.8. The molecule has 0 amide bonds. The summed E-state index contributed by atoms with van der Waals surface area (Å²) in [7, 11) is -2.38. The van der Waals surface area contributed by atoms with Gasteiger partial charge in [-0.3, -0.25) is 0 Å². The second-order valence-electron chi connectivity index (χ2n) is 5.30. The van der Waals surface area contributed by atoms with Gasteiger partial charge in [-0.25, -0.2) is 17.9 Å². The Balaban J connectivity index is 2.31. The van der Waals surface area contributed by atoms with Crippen LogP contribution in [0.15, 0.2) is 23.1 Å². The zero-order valence-electron chi connectivity index (χ0n) is 12.0. The van der Waals surface area contributed by atoms with Crippen LogP contribution in [0.25, 0.3) is 0 Å². The predicted octanol–water partition coefficient (Wildman–Crippen LogP) is 1.86. The zero-order valence-corrected chi connectivity index (χ0v) is 12.8. The van der Waals surface area contributed by atoms with Crippen molar-refractivity contribution in [3.63, 3.8) is 0 Å². The highest BCUT2D eigenvalue weighted by Gasteiger charge is 2.29. The Morgan fingerprint density at radius 3 is 2.62 bits per heavy atom. The standard InChI is InChI=1S/C14H19NO5S/c1-9-4-3-5-12(9)15-21(18,19)10-6-7-13(20-2)11(8-10)14(16)17/h6-9,12,15H,3-5H2,1-2H3,(H,16,17). The van der Waals surface area contributed by atoms with Gasteiger partial charge in [0.2, 0.25) is 10.0 Å². The Hall–Kier alpha value is -1.60. The smallest absolute Gasteiger partial charge is 0.339 e. The molecule has 6 nitrogen and oxygen atoms in total. The van der Waals surface area contributed by atoms with Crippen LogP contribution in [0.1, 0.15) is 36.5 Å². The second-order valence-corrected chi connectivity index (χ2v) is 7.02. The SMILES string of the molecule is COc1ccc(S(=O)(=O)NC2CCCC2C)cc1C(=O)O. The molecule has 0 aliphatic heterocycles. The molecule has 2 unspecified atom stereocenters. The van der Waals surface area contributed by atoms with Crippen LogP contribution in [0.3, 0.4) is 0 Å². The Morgan fingerprint density at radius 1 is 1.38 bits per heavy atom. The lowest BCUT2D eigenvalue weighted by atomic mass is 10.1. The van der Waals surface area contributed by atoms with Gasteiger partial charge in [0.15, 0.2) is 0 Å². The number of ether oxygens (including phenoxy) is 1. The van der Waals surface area contributed by atoms with E-state index in [1.807, 2.05) is 6.92 Å². The van der Waals surface area contributed by atoms with Gasteiger partial charge >= 0.3 is 5.97 Å². The van der Waals surface area contributed by atoms with E-state index in [-0.39, 0.29) is 28.2 Å². The second kappa shape index (κ2) is 6.03. The third-order valence-electron chi connectivity index (χ3n) is 3.88. The molecular formula is C14H19NO5S. The number of rotatable bonds is 5. The molecule has 2 rings (SSSR count). The van der Waals surface area contributed by atoms with Crippen molar-refractivity contribution in [2.45, 2.75) is 37.1 Å². The van der Waals surface area contributed by atoms with E-state index < -0.39 is 16.0 Å². The summed E-state index contributed by atoms with van der Waals surface area (Å²) in [5.74, 6) is -0.800. The fourth-order valence-electron chi connectivity index (χ4n) is 2.61. The largest absolute Gasteiger partial charge is 0.496 e. The molecule has 0 radical (unpaired) electrons. The van der Waals surface area contributed by atoms with Crippen LogP contribution in [0.2, 0.25) is 0 Å². The van der Waals surface area contributed by atoms with Crippen molar-refractivity contribution in [2.75, 3.05) is 7.11 Å². The topological polar surface area (TPSA) is 92.7 Å². The molecule has 1 aromatic rings. The van der Waals surface area contributed by atoms with Gasteiger partial charge in [-0.05, 0) is 37.0 Å². The van der Waals surface area contributed by atoms with Crippen molar-refractivity contribution >= 4 is 16.0 Å². The number of methoxy groups -OCH3 is 1. The molecule has 1 aliphatic carbocycles. The van der Waals surface area contributed by atoms with Gasteiger partial charge in [0, 0.05) is 6.04 Å². The number of aromatic carboxylic acids is 1. The first-order valence-electron chi connectivity index (χ1n) is 6.79. The minimum atomic E-state index is -3.73. The number of nitrogens with one attached hydrogen (secondary N) is 1. The Kier molecular flexibility index (Phi) is 4.53. The molecule has 0 bridgehead atoms. The molecule has 1 aromatic carbocycles. The van der Waals surface area contributed by atoms with E-state index in [1.165, 1.54) is 19.2 Å². The summed E-state index contributed by atoms with van der Waals surface area (Å²) >= 11 is 0. The lowest BCUT2D eigenvalue weighted by Gasteiger charge is -2.17. The molecule has 0 saturated heterocycles. The van der Waals surface area contributed by atoms with E-state index in [1.54, 1.807) is 0 Å². The zero-order chi connectivity index (χ0) is 15.6. The summed E-state index contributed by atoms with van der Waals surface area (Å²) in [6.45, 7) is 2.01. The van der Waals surface area contributed by atoms with Gasteiger partial charge in [0.05, 0.1) is 12.0 Å². The monoisotopic (exact) mass is 313 g/mol. The van der Waals surface area contributed by atoms with Crippen LogP contribution < -0.4 is 9.46 Å².